The minimum atomic E-state index is -0.311. The Morgan fingerprint density at radius 1 is 1.24 bits per heavy atom. The topological polar surface area (TPSA) is 69.3 Å². The molecule has 1 amide bonds. The highest BCUT2D eigenvalue weighted by molar-refractivity contribution is 6.02. The van der Waals surface area contributed by atoms with Crippen LogP contribution in [0.3, 0.4) is 0 Å². The molecule has 0 unspecified atom stereocenters. The van der Waals surface area contributed by atoms with Gasteiger partial charge in [0.05, 0.1) is 17.6 Å². The number of hydrogen-bond donors (Lipinski definition) is 1. The van der Waals surface area contributed by atoms with E-state index in [4.69, 9.17) is 9.15 Å². The Labute approximate surface area is 146 Å². The summed E-state index contributed by atoms with van der Waals surface area (Å²) in [5, 5.41) is 6.89. The lowest BCUT2D eigenvalue weighted by atomic mass is 10.1. The van der Waals surface area contributed by atoms with Crippen LogP contribution in [-0.4, -0.2) is 15.7 Å². The van der Waals surface area contributed by atoms with E-state index in [1.807, 2.05) is 46.0 Å². The maximum atomic E-state index is 12.3. The van der Waals surface area contributed by atoms with Crippen molar-refractivity contribution in [2.75, 3.05) is 5.32 Å². The molecule has 0 aliphatic rings. The monoisotopic (exact) mass is 339 g/mol. The fraction of sp³-hybridized carbons (Fsp3) is 0.263. The Bertz CT molecular complexity index is 909. The summed E-state index contributed by atoms with van der Waals surface area (Å²) in [6.45, 7) is 6.16. The number of hydrogen-bond acceptors (Lipinski definition) is 4. The average Bonchev–Trinajstić information content (AvgIpc) is 3.18. The van der Waals surface area contributed by atoms with E-state index in [-0.39, 0.29) is 18.3 Å². The first-order valence-electron chi connectivity index (χ1n) is 8.03. The van der Waals surface area contributed by atoms with Crippen molar-refractivity contribution in [1.29, 1.82) is 0 Å². The van der Waals surface area contributed by atoms with Gasteiger partial charge in [-0.15, -0.1) is 0 Å². The van der Waals surface area contributed by atoms with E-state index in [2.05, 4.69) is 10.4 Å². The van der Waals surface area contributed by atoms with Crippen LogP contribution in [0.25, 0.3) is 0 Å². The molecule has 0 atom stereocenters. The summed E-state index contributed by atoms with van der Waals surface area (Å²) in [6, 6.07) is 9.43. The van der Waals surface area contributed by atoms with E-state index >= 15 is 0 Å². The van der Waals surface area contributed by atoms with Crippen molar-refractivity contribution in [1.82, 2.24) is 9.78 Å². The lowest BCUT2D eigenvalue weighted by molar-refractivity contribution is 0.0992. The van der Waals surface area contributed by atoms with Gasteiger partial charge in [0.2, 0.25) is 0 Å². The Hall–Kier alpha value is -3.02. The van der Waals surface area contributed by atoms with E-state index in [9.17, 15) is 4.79 Å². The molecule has 130 valence electrons. The summed E-state index contributed by atoms with van der Waals surface area (Å²) in [5.74, 6) is 1.33. The molecule has 1 N–H and O–H groups in total. The molecule has 0 bridgehead atoms. The van der Waals surface area contributed by atoms with Gasteiger partial charge in [-0.25, -0.2) is 0 Å². The summed E-state index contributed by atoms with van der Waals surface area (Å²) in [4.78, 5) is 12.3. The molecule has 6 heteroatoms. The number of nitrogens with one attached hydrogen (secondary N) is 1. The van der Waals surface area contributed by atoms with E-state index in [1.165, 1.54) is 0 Å². The predicted molar refractivity (Wildman–Crippen MR) is 94.9 cm³/mol. The van der Waals surface area contributed by atoms with Crippen molar-refractivity contribution >= 4 is 11.6 Å². The van der Waals surface area contributed by atoms with Gasteiger partial charge in [0.1, 0.15) is 18.1 Å². The van der Waals surface area contributed by atoms with Crippen LogP contribution in [0, 0.1) is 20.8 Å². The van der Waals surface area contributed by atoms with Gasteiger partial charge >= 0.3 is 0 Å². The van der Waals surface area contributed by atoms with Crippen LogP contribution in [-0.2, 0) is 13.7 Å². The molecular weight excluding hydrogens is 318 g/mol. The molecule has 0 saturated carbocycles. The van der Waals surface area contributed by atoms with Crippen LogP contribution in [0.4, 0.5) is 5.69 Å². The number of rotatable bonds is 5. The quantitative estimate of drug-likeness (QED) is 0.768. The number of anilines is 1. The molecule has 0 aliphatic carbocycles. The zero-order valence-electron chi connectivity index (χ0n) is 14.8. The molecule has 2 aromatic heterocycles. The van der Waals surface area contributed by atoms with Crippen molar-refractivity contribution in [2.24, 2.45) is 7.05 Å². The van der Waals surface area contributed by atoms with E-state index < -0.39 is 0 Å². The van der Waals surface area contributed by atoms with Crippen LogP contribution in [0.15, 0.2) is 40.9 Å². The fourth-order valence-corrected chi connectivity index (χ4v) is 2.39. The van der Waals surface area contributed by atoms with Crippen LogP contribution in [0.1, 0.15) is 33.1 Å². The second-order valence-electron chi connectivity index (χ2n) is 6.04. The normalized spacial score (nSPS) is 10.7. The van der Waals surface area contributed by atoms with E-state index in [0.717, 1.165) is 22.6 Å². The van der Waals surface area contributed by atoms with Crippen LogP contribution < -0.4 is 10.1 Å². The van der Waals surface area contributed by atoms with Gasteiger partial charge in [-0.05, 0) is 50.1 Å². The van der Waals surface area contributed by atoms with Crippen LogP contribution in [0.2, 0.25) is 0 Å². The first-order valence-corrected chi connectivity index (χ1v) is 8.03. The second-order valence-corrected chi connectivity index (χ2v) is 6.04. The molecule has 3 aromatic rings. The Kier molecular flexibility index (Phi) is 4.61. The van der Waals surface area contributed by atoms with Gasteiger partial charge in [-0.3, -0.25) is 9.48 Å². The number of aryl methyl sites for hydroxylation is 3. The van der Waals surface area contributed by atoms with Gasteiger partial charge in [0, 0.05) is 7.05 Å². The predicted octanol–water partition coefficient (Wildman–Crippen LogP) is 3.77. The minimum absolute atomic E-state index is 0.239. The highest BCUT2D eigenvalue weighted by atomic mass is 16.5. The van der Waals surface area contributed by atoms with E-state index in [0.29, 0.717) is 11.4 Å². The first-order chi connectivity index (χ1) is 11.9. The number of ether oxygens (including phenoxy) is 1. The van der Waals surface area contributed by atoms with Gasteiger partial charge in [0.25, 0.3) is 5.91 Å². The smallest absolute Gasteiger partial charge is 0.291 e. The number of carbonyl (C=O) groups is 1. The minimum Gasteiger partial charge on any atom is -0.485 e. The Balaban J connectivity index is 1.64. The van der Waals surface area contributed by atoms with Crippen molar-refractivity contribution in [3.63, 3.8) is 0 Å². The van der Waals surface area contributed by atoms with Gasteiger partial charge in [-0.1, -0.05) is 12.1 Å². The molecule has 0 aliphatic heterocycles. The SMILES string of the molecule is Cc1ccc(C)c(OCc2ccc(C(=O)Nc3cnn(C)c3C)o2)c1. The zero-order valence-corrected chi connectivity index (χ0v) is 14.8. The summed E-state index contributed by atoms with van der Waals surface area (Å²) >= 11 is 0. The van der Waals surface area contributed by atoms with Crippen LogP contribution >= 0.6 is 0 Å². The molecule has 3 rings (SSSR count). The summed E-state index contributed by atoms with van der Waals surface area (Å²) in [7, 11) is 1.82. The highest BCUT2D eigenvalue weighted by Gasteiger charge is 2.14. The molecule has 2 heterocycles. The lowest BCUT2D eigenvalue weighted by Crippen LogP contribution is -2.11. The number of benzene rings is 1. The second kappa shape index (κ2) is 6.84. The number of carbonyl (C=O) groups excluding carboxylic acids is 1. The molecule has 25 heavy (non-hydrogen) atoms. The van der Waals surface area contributed by atoms with Crippen molar-refractivity contribution in [3.8, 4) is 5.75 Å². The number of nitrogens with zero attached hydrogens (tertiary/aromatic N) is 2. The van der Waals surface area contributed by atoms with Crippen molar-refractivity contribution < 1.29 is 13.9 Å². The third kappa shape index (κ3) is 3.74. The number of aromatic nitrogens is 2. The number of amides is 1. The number of furan rings is 1. The summed E-state index contributed by atoms with van der Waals surface area (Å²) in [5.41, 5.74) is 3.73. The highest BCUT2D eigenvalue weighted by Crippen LogP contribution is 2.21. The maximum absolute atomic E-state index is 12.3. The molecule has 0 saturated heterocycles. The van der Waals surface area contributed by atoms with E-state index in [1.54, 1.807) is 23.0 Å². The lowest BCUT2D eigenvalue weighted by Gasteiger charge is -2.08. The van der Waals surface area contributed by atoms with Crippen LogP contribution in [0.5, 0.6) is 5.75 Å². The standard InChI is InChI=1S/C19H21N3O3/c1-12-5-6-13(2)18(9-12)24-11-15-7-8-17(25-15)19(23)21-16-10-20-22(4)14(16)3/h5-10H,11H2,1-4H3,(H,21,23). The van der Waals surface area contributed by atoms with Crippen molar-refractivity contribution in [2.45, 2.75) is 27.4 Å². The molecule has 0 fully saturated rings. The van der Waals surface area contributed by atoms with Gasteiger partial charge in [-0.2, -0.15) is 5.10 Å². The Morgan fingerprint density at radius 2 is 2.04 bits per heavy atom. The average molecular weight is 339 g/mol. The zero-order chi connectivity index (χ0) is 18.0. The largest absolute Gasteiger partial charge is 0.485 e. The van der Waals surface area contributed by atoms with Gasteiger partial charge < -0.3 is 14.5 Å². The summed E-state index contributed by atoms with van der Waals surface area (Å²) in [6.07, 6.45) is 1.61. The molecule has 1 aromatic carbocycles. The molecule has 0 radical (unpaired) electrons. The third-order valence-corrected chi connectivity index (χ3v) is 4.08. The molecule has 6 nitrogen and oxygen atoms in total. The Morgan fingerprint density at radius 3 is 2.76 bits per heavy atom. The third-order valence-electron chi connectivity index (χ3n) is 4.08. The fourth-order valence-electron chi connectivity index (χ4n) is 2.39. The summed E-state index contributed by atoms with van der Waals surface area (Å²) < 4.78 is 13.1. The maximum Gasteiger partial charge on any atom is 0.291 e. The first kappa shape index (κ1) is 16.8. The molecule has 0 spiro atoms. The van der Waals surface area contributed by atoms with Gasteiger partial charge in [0.15, 0.2) is 5.76 Å². The molecular formula is C19H21N3O3. The van der Waals surface area contributed by atoms with Crippen molar-refractivity contribution in [3.05, 3.63) is 64.9 Å².